The van der Waals surface area contributed by atoms with E-state index < -0.39 is 0 Å². The summed E-state index contributed by atoms with van der Waals surface area (Å²) in [5.41, 5.74) is 9.12. The molecule has 3 aromatic heterocycles. The van der Waals surface area contributed by atoms with Crippen LogP contribution in [0.2, 0.25) is 0 Å². The first-order valence-corrected chi connectivity index (χ1v) is 14.9. The monoisotopic (exact) mass is 553 g/mol. The molecule has 196 valence electrons. The van der Waals surface area contributed by atoms with Crippen molar-refractivity contribution in [3.8, 4) is 28.2 Å². The van der Waals surface area contributed by atoms with Crippen molar-refractivity contribution >= 4 is 64.3 Å². The number of nitrogens with zero attached hydrogens (tertiary/aromatic N) is 3. The predicted octanol–water partition coefficient (Wildman–Crippen LogP) is 10.4. The number of fused-ring (bicyclic) bond motifs is 7. The lowest BCUT2D eigenvalue weighted by atomic mass is 10.0. The molecule has 0 saturated carbocycles. The molecule has 0 saturated heterocycles. The van der Waals surface area contributed by atoms with Crippen molar-refractivity contribution in [3.05, 3.63) is 140 Å². The number of hydrogen-bond donors (Lipinski definition) is 0. The summed E-state index contributed by atoms with van der Waals surface area (Å²) < 4.78 is 5.00. The van der Waals surface area contributed by atoms with E-state index in [1.807, 2.05) is 23.5 Å². The van der Waals surface area contributed by atoms with Gasteiger partial charge in [-0.3, -0.25) is 0 Å². The van der Waals surface area contributed by atoms with E-state index in [1.165, 1.54) is 42.0 Å². The molecule has 9 aromatic rings. The first kappa shape index (κ1) is 23.4. The third kappa shape index (κ3) is 3.52. The van der Waals surface area contributed by atoms with Gasteiger partial charge in [0.25, 0.3) is 0 Å². The Hall–Kier alpha value is -5.32. The maximum absolute atomic E-state index is 5.26. The zero-order chi connectivity index (χ0) is 27.6. The van der Waals surface area contributed by atoms with Gasteiger partial charge in [0.1, 0.15) is 0 Å². The summed E-state index contributed by atoms with van der Waals surface area (Å²) in [5, 5.41) is 5.15. The summed E-state index contributed by atoms with van der Waals surface area (Å²) in [4.78, 5) is 10.4. The second-order valence-corrected chi connectivity index (χ2v) is 11.7. The van der Waals surface area contributed by atoms with Crippen LogP contribution in [0.3, 0.4) is 0 Å². The smallest absolute Gasteiger partial charge is 0.0973 e. The summed E-state index contributed by atoms with van der Waals surface area (Å²) in [5.74, 6) is 0. The number of rotatable bonds is 3. The lowest BCUT2D eigenvalue weighted by Crippen LogP contribution is -1.98. The van der Waals surface area contributed by atoms with Crippen LogP contribution in [0.4, 0.5) is 0 Å². The first-order chi connectivity index (χ1) is 20.8. The van der Waals surface area contributed by atoms with Crippen molar-refractivity contribution in [3.63, 3.8) is 0 Å². The largest absolute Gasteiger partial charge is 0.309 e. The normalized spacial score (nSPS) is 11.8. The van der Waals surface area contributed by atoms with E-state index in [1.54, 1.807) is 0 Å². The van der Waals surface area contributed by atoms with Crippen LogP contribution in [0.5, 0.6) is 0 Å². The highest BCUT2D eigenvalue weighted by Gasteiger charge is 2.17. The van der Waals surface area contributed by atoms with Crippen LogP contribution in [0.25, 0.3) is 81.2 Å². The average Bonchev–Trinajstić information content (AvgIpc) is 3.58. The van der Waals surface area contributed by atoms with Gasteiger partial charge in [-0.2, -0.15) is 0 Å². The molecule has 0 spiro atoms. The standard InChI is InChI=1S/C38H23N3S/c1-3-11-24(12-4-1)37-38(25-13-5-2-6-14-25)40-32-21-26(19-20-31(32)39-37)41-33-17-9-7-15-27(33)29-22-30-28-16-8-10-18-35(28)42-36(30)23-34(29)41/h1-23H. The Morgan fingerprint density at radius 2 is 1.07 bits per heavy atom. The van der Waals surface area contributed by atoms with E-state index in [2.05, 4.69) is 132 Å². The molecule has 0 unspecified atom stereocenters. The fourth-order valence-electron chi connectivity index (χ4n) is 6.24. The zero-order valence-electron chi connectivity index (χ0n) is 22.5. The van der Waals surface area contributed by atoms with Gasteiger partial charge in [0.2, 0.25) is 0 Å². The molecule has 0 fully saturated rings. The van der Waals surface area contributed by atoms with E-state index in [4.69, 9.17) is 9.97 Å². The van der Waals surface area contributed by atoms with Gasteiger partial charge >= 0.3 is 0 Å². The SMILES string of the molecule is c1ccc(-c2nc3ccc(-n4c5ccccc5c5cc6c(cc54)sc4ccccc46)cc3nc2-c2ccccc2)cc1. The quantitative estimate of drug-likeness (QED) is 0.218. The fourth-order valence-corrected chi connectivity index (χ4v) is 7.36. The Bertz CT molecular complexity index is 2460. The van der Waals surface area contributed by atoms with Gasteiger partial charge in [-0.15, -0.1) is 11.3 Å². The molecule has 3 nitrogen and oxygen atoms in total. The highest BCUT2D eigenvalue weighted by atomic mass is 32.1. The van der Waals surface area contributed by atoms with Crippen molar-refractivity contribution in [2.45, 2.75) is 0 Å². The Kier molecular flexibility index (Phi) is 5.07. The maximum atomic E-state index is 5.26. The van der Waals surface area contributed by atoms with E-state index >= 15 is 0 Å². The number of aromatic nitrogens is 3. The van der Waals surface area contributed by atoms with Gasteiger partial charge in [-0.1, -0.05) is 97.1 Å². The second kappa shape index (κ2) is 9.10. The van der Waals surface area contributed by atoms with E-state index in [0.717, 1.165) is 39.2 Å². The highest BCUT2D eigenvalue weighted by molar-refractivity contribution is 7.25. The summed E-state index contributed by atoms with van der Waals surface area (Å²) in [6.07, 6.45) is 0. The number of thiophene rings is 1. The van der Waals surface area contributed by atoms with E-state index in [-0.39, 0.29) is 0 Å². The molecule has 4 heteroatoms. The summed E-state index contributed by atoms with van der Waals surface area (Å²) in [6.45, 7) is 0. The van der Waals surface area contributed by atoms with E-state index in [0.29, 0.717) is 0 Å². The third-order valence-corrected chi connectivity index (χ3v) is 9.31. The summed E-state index contributed by atoms with van der Waals surface area (Å²) in [6, 6.07) is 49.3. The Morgan fingerprint density at radius 3 is 1.83 bits per heavy atom. The van der Waals surface area contributed by atoms with Gasteiger partial charge in [-0.05, 0) is 42.5 Å². The zero-order valence-corrected chi connectivity index (χ0v) is 23.3. The Labute approximate surface area is 246 Å². The van der Waals surface area contributed by atoms with Crippen molar-refractivity contribution in [1.82, 2.24) is 14.5 Å². The maximum Gasteiger partial charge on any atom is 0.0973 e. The van der Waals surface area contributed by atoms with Gasteiger partial charge in [0.05, 0.1) is 33.5 Å². The molecule has 0 radical (unpaired) electrons. The van der Waals surface area contributed by atoms with Crippen LogP contribution in [0.15, 0.2) is 140 Å². The van der Waals surface area contributed by atoms with Crippen molar-refractivity contribution in [2.24, 2.45) is 0 Å². The van der Waals surface area contributed by atoms with Crippen LogP contribution in [-0.2, 0) is 0 Å². The molecule has 3 heterocycles. The molecule has 0 bridgehead atoms. The van der Waals surface area contributed by atoms with Gasteiger partial charge in [0.15, 0.2) is 0 Å². The van der Waals surface area contributed by atoms with Crippen LogP contribution >= 0.6 is 11.3 Å². The van der Waals surface area contributed by atoms with Crippen LogP contribution < -0.4 is 0 Å². The minimum atomic E-state index is 0.875. The molecule has 6 aromatic carbocycles. The fraction of sp³-hybridized carbons (Fsp3) is 0. The van der Waals surface area contributed by atoms with Crippen molar-refractivity contribution in [1.29, 1.82) is 0 Å². The first-order valence-electron chi connectivity index (χ1n) is 14.1. The number of hydrogen-bond acceptors (Lipinski definition) is 3. The lowest BCUT2D eigenvalue weighted by molar-refractivity contribution is 1.18. The molecular formula is C38H23N3S. The highest BCUT2D eigenvalue weighted by Crippen LogP contribution is 2.41. The Morgan fingerprint density at radius 1 is 0.429 bits per heavy atom. The molecule has 9 rings (SSSR count). The van der Waals surface area contributed by atoms with E-state index in [9.17, 15) is 0 Å². The predicted molar refractivity (Wildman–Crippen MR) is 178 cm³/mol. The average molecular weight is 554 g/mol. The van der Waals surface area contributed by atoms with Crippen molar-refractivity contribution < 1.29 is 0 Å². The van der Waals surface area contributed by atoms with Crippen LogP contribution in [-0.4, -0.2) is 14.5 Å². The molecule has 0 amide bonds. The van der Waals surface area contributed by atoms with Crippen LogP contribution in [0, 0.1) is 0 Å². The van der Waals surface area contributed by atoms with Gasteiger partial charge < -0.3 is 4.57 Å². The minimum absolute atomic E-state index is 0.875. The molecule has 0 aliphatic heterocycles. The number of para-hydroxylation sites is 1. The van der Waals surface area contributed by atoms with Crippen LogP contribution in [0.1, 0.15) is 0 Å². The molecule has 42 heavy (non-hydrogen) atoms. The molecular weight excluding hydrogens is 531 g/mol. The number of benzene rings is 6. The summed E-state index contributed by atoms with van der Waals surface area (Å²) in [7, 11) is 0. The molecule has 0 aliphatic carbocycles. The van der Waals surface area contributed by atoms with Gasteiger partial charge in [0, 0.05) is 47.8 Å². The lowest BCUT2D eigenvalue weighted by Gasteiger charge is -2.13. The molecule has 0 N–H and O–H groups in total. The summed E-state index contributed by atoms with van der Waals surface area (Å²) >= 11 is 1.86. The third-order valence-electron chi connectivity index (χ3n) is 8.17. The van der Waals surface area contributed by atoms with Crippen molar-refractivity contribution in [2.75, 3.05) is 0 Å². The van der Waals surface area contributed by atoms with Gasteiger partial charge in [-0.25, -0.2) is 9.97 Å². The molecule has 0 aliphatic rings. The minimum Gasteiger partial charge on any atom is -0.309 e. The second-order valence-electron chi connectivity index (χ2n) is 10.6. The topological polar surface area (TPSA) is 30.7 Å². The molecule has 0 atom stereocenters. The Balaban J connectivity index is 1.32.